The van der Waals surface area contributed by atoms with Crippen LogP contribution < -0.4 is 5.32 Å². The minimum absolute atomic E-state index is 0.0209. The van der Waals surface area contributed by atoms with Gasteiger partial charge in [-0.3, -0.25) is 0 Å². The summed E-state index contributed by atoms with van der Waals surface area (Å²) in [4.78, 5) is 25.4. The van der Waals surface area contributed by atoms with Crippen LogP contribution >= 0.6 is 23.2 Å². The number of nitrogens with zero attached hydrogens (tertiary/aromatic N) is 1. The Morgan fingerprint density at radius 2 is 2.04 bits per heavy atom. The zero-order valence-corrected chi connectivity index (χ0v) is 18.0. The number of hydrogen-bond donors (Lipinski definition) is 2. The first-order chi connectivity index (χ1) is 13.0. The number of ether oxygens (including phenoxy) is 2. The largest absolute Gasteiger partial charge is 0.478 e. The zero-order valence-electron chi connectivity index (χ0n) is 16.5. The summed E-state index contributed by atoms with van der Waals surface area (Å²) in [6, 6.07) is 1.29. The Balaban J connectivity index is 1.97. The molecule has 0 aliphatic carbocycles. The number of benzene rings is 1. The van der Waals surface area contributed by atoms with Crippen LogP contribution in [0.2, 0.25) is 10.0 Å². The summed E-state index contributed by atoms with van der Waals surface area (Å²) in [5.41, 5.74) is 0.465. The fourth-order valence-corrected chi connectivity index (χ4v) is 3.35. The Morgan fingerprint density at radius 1 is 1.36 bits per heavy atom. The fraction of sp³-hybridized carbons (Fsp3) is 0.579. The Hall–Kier alpha value is -1.54. The maximum Gasteiger partial charge on any atom is 0.410 e. The SMILES string of the molecule is Cc1c(Cl)cc(C(=O)O)c(COCC2CN(C(=O)OC(C)(C)C)CCN2)c1Cl. The molecule has 1 fully saturated rings. The van der Waals surface area contributed by atoms with Crippen LogP contribution in [0.25, 0.3) is 0 Å². The van der Waals surface area contributed by atoms with Gasteiger partial charge >= 0.3 is 12.1 Å². The predicted octanol–water partition coefficient (Wildman–Crippen LogP) is 3.73. The van der Waals surface area contributed by atoms with Crippen molar-refractivity contribution < 1.29 is 24.2 Å². The molecule has 1 aliphatic heterocycles. The van der Waals surface area contributed by atoms with Crippen molar-refractivity contribution in [2.24, 2.45) is 0 Å². The van der Waals surface area contributed by atoms with E-state index in [-0.39, 0.29) is 35.9 Å². The normalized spacial score (nSPS) is 17.5. The Morgan fingerprint density at radius 3 is 2.64 bits per heavy atom. The van der Waals surface area contributed by atoms with E-state index in [0.717, 1.165) is 0 Å². The van der Waals surface area contributed by atoms with Gasteiger partial charge in [-0.25, -0.2) is 9.59 Å². The third kappa shape index (κ3) is 5.98. The number of nitrogens with one attached hydrogen (secondary N) is 1. The summed E-state index contributed by atoms with van der Waals surface area (Å²) in [6.45, 7) is 9.13. The van der Waals surface area contributed by atoms with Crippen LogP contribution in [0, 0.1) is 6.92 Å². The van der Waals surface area contributed by atoms with Gasteiger partial charge in [-0.05, 0) is 39.3 Å². The van der Waals surface area contributed by atoms with Gasteiger partial charge < -0.3 is 24.8 Å². The highest BCUT2D eigenvalue weighted by Gasteiger charge is 2.27. The van der Waals surface area contributed by atoms with Crippen LogP contribution in [0.5, 0.6) is 0 Å². The van der Waals surface area contributed by atoms with E-state index < -0.39 is 11.6 Å². The molecule has 1 unspecified atom stereocenters. The van der Waals surface area contributed by atoms with Crippen molar-refractivity contribution in [1.82, 2.24) is 10.2 Å². The second-order valence-corrected chi connectivity index (χ2v) is 8.51. The monoisotopic (exact) mass is 432 g/mol. The van der Waals surface area contributed by atoms with Gasteiger partial charge in [-0.2, -0.15) is 0 Å². The van der Waals surface area contributed by atoms with Gasteiger partial charge in [0.1, 0.15) is 5.60 Å². The predicted molar refractivity (Wildman–Crippen MR) is 107 cm³/mol. The van der Waals surface area contributed by atoms with Gasteiger partial charge in [0.05, 0.1) is 23.8 Å². The lowest BCUT2D eigenvalue weighted by atomic mass is 10.0. The highest BCUT2D eigenvalue weighted by Crippen LogP contribution is 2.31. The molecule has 2 N–H and O–H groups in total. The third-order valence-electron chi connectivity index (χ3n) is 4.25. The molecule has 9 heteroatoms. The van der Waals surface area contributed by atoms with Crippen molar-refractivity contribution in [3.8, 4) is 0 Å². The maximum atomic E-state index is 12.2. The molecule has 1 atom stereocenters. The first-order valence-corrected chi connectivity index (χ1v) is 9.75. The van der Waals surface area contributed by atoms with E-state index in [1.54, 1.807) is 11.8 Å². The smallest absolute Gasteiger partial charge is 0.410 e. The van der Waals surface area contributed by atoms with Crippen molar-refractivity contribution in [3.63, 3.8) is 0 Å². The molecule has 7 nitrogen and oxygen atoms in total. The van der Waals surface area contributed by atoms with Gasteiger partial charge in [0.15, 0.2) is 0 Å². The average Bonchev–Trinajstić information content (AvgIpc) is 2.60. The lowest BCUT2D eigenvalue weighted by Crippen LogP contribution is -2.55. The minimum atomic E-state index is -1.12. The van der Waals surface area contributed by atoms with Crippen molar-refractivity contribution in [1.29, 1.82) is 0 Å². The molecule has 0 bridgehead atoms. The second-order valence-electron chi connectivity index (χ2n) is 7.72. The average molecular weight is 433 g/mol. The summed E-state index contributed by atoms with van der Waals surface area (Å²) in [5.74, 6) is -1.12. The van der Waals surface area contributed by atoms with E-state index in [0.29, 0.717) is 35.8 Å². The van der Waals surface area contributed by atoms with Gasteiger partial charge in [0.2, 0.25) is 0 Å². The highest BCUT2D eigenvalue weighted by molar-refractivity contribution is 6.37. The molecule has 0 spiro atoms. The fourth-order valence-electron chi connectivity index (χ4n) is 2.84. The summed E-state index contributed by atoms with van der Waals surface area (Å²) in [7, 11) is 0. The lowest BCUT2D eigenvalue weighted by Gasteiger charge is -2.34. The number of rotatable bonds is 5. The van der Waals surface area contributed by atoms with Gasteiger partial charge in [0.25, 0.3) is 0 Å². The number of piperazine rings is 1. The quantitative estimate of drug-likeness (QED) is 0.736. The standard InChI is InChI=1S/C19H26Cl2N2O5/c1-11-15(20)7-13(17(24)25)14(16(11)21)10-27-9-12-8-23(6-5-22-12)18(26)28-19(2,3)4/h7,12,22H,5-6,8-10H2,1-4H3,(H,24,25). The van der Waals surface area contributed by atoms with Crippen molar-refractivity contribution in [3.05, 3.63) is 32.8 Å². The lowest BCUT2D eigenvalue weighted by molar-refractivity contribution is 0.0126. The summed E-state index contributed by atoms with van der Waals surface area (Å²) in [5, 5.41) is 13.3. The van der Waals surface area contributed by atoms with Crippen LogP contribution in [-0.4, -0.2) is 60.0 Å². The summed E-state index contributed by atoms with van der Waals surface area (Å²) >= 11 is 12.3. The second kappa shape index (κ2) is 9.31. The molecule has 1 saturated heterocycles. The van der Waals surface area contributed by atoms with E-state index in [1.807, 2.05) is 20.8 Å². The zero-order chi connectivity index (χ0) is 21.1. The van der Waals surface area contributed by atoms with E-state index in [1.165, 1.54) is 6.07 Å². The number of carboxylic acids is 1. The van der Waals surface area contributed by atoms with E-state index >= 15 is 0 Å². The topological polar surface area (TPSA) is 88.1 Å². The van der Waals surface area contributed by atoms with Crippen LogP contribution in [0.1, 0.15) is 42.3 Å². The molecule has 2 rings (SSSR count). The molecule has 1 aromatic rings. The molecule has 1 aliphatic rings. The molecule has 1 heterocycles. The molecule has 156 valence electrons. The molecule has 0 saturated carbocycles. The number of hydrogen-bond acceptors (Lipinski definition) is 5. The number of carbonyl (C=O) groups is 2. The summed E-state index contributed by atoms with van der Waals surface area (Å²) < 4.78 is 11.1. The van der Waals surface area contributed by atoms with Gasteiger partial charge in [-0.1, -0.05) is 23.2 Å². The van der Waals surface area contributed by atoms with Gasteiger partial charge in [-0.15, -0.1) is 0 Å². The summed E-state index contributed by atoms with van der Waals surface area (Å²) in [6.07, 6.45) is -0.358. The molecular weight excluding hydrogens is 407 g/mol. The number of amides is 1. The Bertz CT molecular complexity index is 749. The van der Waals surface area contributed by atoms with Crippen LogP contribution in [0.3, 0.4) is 0 Å². The maximum absolute atomic E-state index is 12.2. The van der Waals surface area contributed by atoms with E-state index in [4.69, 9.17) is 32.7 Å². The van der Waals surface area contributed by atoms with Crippen LogP contribution in [-0.2, 0) is 16.1 Å². The number of carboxylic acid groups (broad SMARTS) is 1. The Labute approximate surface area is 174 Å². The number of halogens is 2. The van der Waals surface area contributed by atoms with E-state index in [2.05, 4.69) is 5.32 Å². The first-order valence-electron chi connectivity index (χ1n) is 8.99. The first kappa shape index (κ1) is 22.7. The molecule has 0 radical (unpaired) electrons. The van der Waals surface area contributed by atoms with E-state index in [9.17, 15) is 14.7 Å². The van der Waals surface area contributed by atoms with Gasteiger partial charge in [0, 0.05) is 36.3 Å². The third-order valence-corrected chi connectivity index (χ3v) is 5.16. The molecule has 1 amide bonds. The van der Waals surface area contributed by atoms with Crippen LogP contribution in [0.15, 0.2) is 6.07 Å². The molecule has 0 aromatic heterocycles. The molecular formula is C19H26Cl2N2O5. The highest BCUT2D eigenvalue weighted by atomic mass is 35.5. The number of aromatic carboxylic acids is 1. The molecule has 1 aromatic carbocycles. The number of carbonyl (C=O) groups excluding carboxylic acids is 1. The van der Waals surface area contributed by atoms with Crippen molar-refractivity contribution in [2.45, 2.75) is 45.9 Å². The molecule has 28 heavy (non-hydrogen) atoms. The Kier molecular flexibility index (Phi) is 7.56. The van der Waals surface area contributed by atoms with Crippen molar-refractivity contribution >= 4 is 35.3 Å². The minimum Gasteiger partial charge on any atom is -0.478 e. The van der Waals surface area contributed by atoms with Crippen LogP contribution in [0.4, 0.5) is 4.79 Å². The van der Waals surface area contributed by atoms with Crippen molar-refractivity contribution in [2.75, 3.05) is 26.2 Å².